The fraction of sp³-hybridized carbons (Fsp3) is 0.545. The minimum atomic E-state index is -0.255. The van der Waals surface area contributed by atoms with Crippen LogP contribution >= 0.6 is 11.6 Å². The van der Waals surface area contributed by atoms with Gasteiger partial charge >= 0.3 is 0 Å². The molecule has 0 aromatic carbocycles. The molecule has 0 saturated heterocycles. The van der Waals surface area contributed by atoms with Gasteiger partial charge in [0.2, 0.25) is 0 Å². The van der Waals surface area contributed by atoms with E-state index in [0.717, 1.165) is 6.42 Å². The van der Waals surface area contributed by atoms with Crippen LogP contribution in [-0.4, -0.2) is 10.4 Å². The summed E-state index contributed by atoms with van der Waals surface area (Å²) in [6.45, 7) is 5.90. The van der Waals surface area contributed by atoms with Crippen molar-refractivity contribution in [3.8, 4) is 0 Å². The first-order valence-electron chi connectivity index (χ1n) is 4.67. The molecule has 0 amide bonds. The van der Waals surface area contributed by atoms with Crippen LogP contribution in [-0.2, 0) is 5.41 Å². The predicted molar refractivity (Wildman–Crippen MR) is 57.2 cm³/mol. The van der Waals surface area contributed by atoms with E-state index in [1.807, 2.05) is 20.8 Å². The lowest BCUT2D eigenvalue weighted by Gasteiger charge is -2.26. The van der Waals surface area contributed by atoms with E-state index >= 15 is 0 Å². The lowest BCUT2D eigenvalue weighted by Crippen LogP contribution is -2.22. The van der Waals surface area contributed by atoms with Gasteiger partial charge in [0, 0.05) is 11.6 Å². The lowest BCUT2D eigenvalue weighted by atomic mass is 9.81. The van der Waals surface area contributed by atoms with Gasteiger partial charge in [0.25, 0.3) is 0 Å². The number of alkyl halides is 1. The van der Waals surface area contributed by atoms with Crippen molar-refractivity contribution in [2.24, 2.45) is 0 Å². The second-order valence-corrected chi connectivity index (χ2v) is 4.97. The van der Waals surface area contributed by atoms with E-state index in [0.29, 0.717) is 5.56 Å². The first-order valence-corrected chi connectivity index (χ1v) is 5.11. The first kappa shape index (κ1) is 11.4. The van der Waals surface area contributed by atoms with Gasteiger partial charge < -0.3 is 0 Å². The normalized spacial score (nSPS) is 14.1. The predicted octanol–water partition coefficient (Wildman–Crippen LogP) is 3.52. The second-order valence-electron chi connectivity index (χ2n) is 4.22. The molecule has 1 unspecified atom stereocenters. The fourth-order valence-corrected chi connectivity index (χ4v) is 2.12. The van der Waals surface area contributed by atoms with Crippen molar-refractivity contribution in [3.63, 3.8) is 0 Å². The van der Waals surface area contributed by atoms with Crippen LogP contribution in [0.5, 0.6) is 0 Å². The number of pyridine rings is 1. The maximum atomic E-state index is 13.4. The number of rotatable bonds is 3. The zero-order chi connectivity index (χ0) is 10.8. The standard InChI is InChI=1S/C11H15ClFN/c1-8(12)6-11(2,3)9-4-5-14-7-10(9)13/h4-5,7-8H,6H2,1-3H3. The van der Waals surface area contributed by atoms with Gasteiger partial charge in [0.1, 0.15) is 5.82 Å². The molecule has 1 rings (SSSR count). The van der Waals surface area contributed by atoms with Gasteiger partial charge in [0.15, 0.2) is 0 Å². The van der Waals surface area contributed by atoms with Crippen molar-refractivity contribution in [2.45, 2.75) is 38.0 Å². The molecule has 78 valence electrons. The van der Waals surface area contributed by atoms with Crippen molar-refractivity contribution in [3.05, 3.63) is 29.8 Å². The van der Waals surface area contributed by atoms with Gasteiger partial charge in [-0.05, 0) is 30.4 Å². The number of hydrogen-bond acceptors (Lipinski definition) is 1. The highest BCUT2D eigenvalue weighted by Gasteiger charge is 2.25. The van der Waals surface area contributed by atoms with Gasteiger partial charge in [-0.3, -0.25) is 4.98 Å². The van der Waals surface area contributed by atoms with E-state index in [1.165, 1.54) is 6.20 Å². The fourth-order valence-electron chi connectivity index (χ4n) is 1.74. The molecule has 3 heteroatoms. The Morgan fingerprint density at radius 3 is 2.71 bits per heavy atom. The van der Waals surface area contributed by atoms with Gasteiger partial charge in [-0.1, -0.05) is 13.8 Å². The van der Waals surface area contributed by atoms with Crippen LogP contribution in [0.25, 0.3) is 0 Å². The Morgan fingerprint density at radius 2 is 2.21 bits per heavy atom. The summed E-state index contributed by atoms with van der Waals surface area (Å²) in [5, 5.41) is 0.0394. The molecular weight excluding hydrogens is 201 g/mol. The lowest BCUT2D eigenvalue weighted by molar-refractivity contribution is 0.446. The first-order chi connectivity index (χ1) is 6.43. The zero-order valence-corrected chi connectivity index (χ0v) is 9.48. The monoisotopic (exact) mass is 215 g/mol. The van der Waals surface area contributed by atoms with Crippen LogP contribution in [0.2, 0.25) is 0 Å². The van der Waals surface area contributed by atoms with Crippen molar-refractivity contribution in [1.29, 1.82) is 0 Å². The molecule has 1 nitrogen and oxygen atoms in total. The summed E-state index contributed by atoms with van der Waals surface area (Å²) in [6, 6.07) is 1.72. The van der Waals surface area contributed by atoms with E-state index < -0.39 is 0 Å². The maximum absolute atomic E-state index is 13.4. The van der Waals surface area contributed by atoms with Gasteiger partial charge in [-0.15, -0.1) is 11.6 Å². The number of hydrogen-bond donors (Lipinski definition) is 0. The molecule has 0 aliphatic heterocycles. The molecule has 0 N–H and O–H groups in total. The Kier molecular flexibility index (Phi) is 3.48. The van der Waals surface area contributed by atoms with Crippen LogP contribution in [0.15, 0.2) is 18.5 Å². The van der Waals surface area contributed by atoms with Crippen LogP contribution in [0.4, 0.5) is 4.39 Å². The third kappa shape index (κ3) is 2.68. The second kappa shape index (κ2) is 4.26. The molecule has 0 aliphatic carbocycles. The van der Waals surface area contributed by atoms with Gasteiger partial charge in [-0.2, -0.15) is 0 Å². The highest BCUT2D eigenvalue weighted by molar-refractivity contribution is 6.20. The highest BCUT2D eigenvalue weighted by atomic mass is 35.5. The van der Waals surface area contributed by atoms with E-state index in [2.05, 4.69) is 4.98 Å². The molecule has 1 aromatic heterocycles. The van der Waals surface area contributed by atoms with E-state index in [9.17, 15) is 4.39 Å². The van der Waals surface area contributed by atoms with E-state index in [4.69, 9.17) is 11.6 Å². The third-order valence-corrected chi connectivity index (χ3v) is 2.45. The van der Waals surface area contributed by atoms with Crippen LogP contribution in [0.3, 0.4) is 0 Å². The maximum Gasteiger partial charge on any atom is 0.145 e. The van der Waals surface area contributed by atoms with E-state index in [1.54, 1.807) is 12.3 Å². The summed E-state index contributed by atoms with van der Waals surface area (Å²) in [7, 11) is 0. The number of aromatic nitrogens is 1. The molecular formula is C11H15ClFN. The molecule has 0 spiro atoms. The quantitative estimate of drug-likeness (QED) is 0.704. The summed E-state index contributed by atoms with van der Waals surface area (Å²) in [6.07, 6.45) is 3.60. The van der Waals surface area contributed by atoms with Crippen molar-refractivity contribution < 1.29 is 4.39 Å². The Bertz CT molecular complexity index is 310. The molecule has 0 saturated carbocycles. The Morgan fingerprint density at radius 1 is 1.57 bits per heavy atom. The summed E-state index contributed by atoms with van der Waals surface area (Å²) >= 11 is 5.93. The average Bonchev–Trinajstić information content (AvgIpc) is 2.02. The summed E-state index contributed by atoms with van der Waals surface area (Å²) in [5.41, 5.74) is 0.439. The Labute approximate surface area is 89.3 Å². The largest absolute Gasteiger partial charge is 0.262 e. The van der Waals surface area contributed by atoms with Crippen molar-refractivity contribution >= 4 is 11.6 Å². The highest BCUT2D eigenvalue weighted by Crippen LogP contribution is 2.31. The van der Waals surface area contributed by atoms with Crippen molar-refractivity contribution in [2.75, 3.05) is 0 Å². The third-order valence-electron chi connectivity index (χ3n) is 2.29. The molecule has 1 atom stereocenters. The van der Waals surface area contributed by atoms with Gasteiger partial charge in [-0.25, -0.2) is 4.39 Å². The van der Waals surface area contributed by atoms with Crippen LogP contribution in [0, 0.1) is 5.82 Å². The van der Waals surface area contributed by atoms with Crippen molar-refractivity contribution in [1.82, 2.24) is 4.98 Å². The van der Waals surface area contributed by atoms with Crippen LogP contribution in [0.1, 0.15) is 32.8 Å². The Balaban J connectivity index is 2.97. The molecule has 0 aliphatic rings. The number of nitrogens with zero attached hydrogens (tertiary/aromatic N) is 1. The minimum Gasteiger partial charge on any atom is -0.262 e. The van der Waals surface area contributed by atoms with Crippen LogP contribution < -0.4 is 0 Å². The molecule has 0 fully saturated rings. The topological polar surface area (TPSA) is 12.9 Å². The summed E-state index contributed by atoms with van der Waals surface area (Å²) < 4.78 is 13.4. The minimum absolute atomic E-state index is 0.0394. The SMILES string of the molecule is CC(Cl)CC(C)(C)c1ccncc1F. The Hall–Kier alpha value is -0.630. The molecule has 0 bridgehead atoms. The molecule has 14 heavy (non-hydrogen) atoms. The number of halogens is 2. The summed E-state index contributed by atoms with van der Waals surface area (Å²) in [5.74, 6) is -0.255. The smallest absolute Gasteiger partial charge is 0.145 e. The molecule has 1 heterocycles. The molecule has 0 radical (unpaired) electrons. The van der Waals surface area contributed by atoms with Gasteiger partial charge in [0.05, 0.1) is 6.20 Å². The average molecular weight is 216 g/mol. The zero-order valence-electron chi connectivity index (χ0n) is 8.72. The summed E-state index contributed by atoms with van der Waals surface area (Å²) in [4.78, 5) is 3.73. The molecule has 1 aromatic rings. The van der Waals surface area contributed by atoms with E-state index in [-0.39, 0.29) is 16.6 Å².